The van der Waals surface area contributed by atoms with E-state index in [-0.39, 0.29) is 5.41 Å². The first kappa shape index (κ1) is 30.2. The van der Waals surface area contributed by atoms with Gasteiger partial charge in [-0.05, 0) is 134 Å². The lowest BCUT2D eigenvalue weighted by Gasteiger charge is -2.22. The minimum Gasteiger partial charge on any atom is -0.0616 e. The van der Waals surface area contributed by atoms with Gasteiger partial charge < -0.3 is 0 Å². The number of hydrogen-bond acceptors (Lipinski definition) is 0. The summed E-state index contributed by atoms with van der Waals surface area (Å²) in [6, 6.07) is 68.0. The lowest BCUT2D eigenvalue weighted by molar-refractivity contribution is 0.661. The van der Waals surface area contributed by atoms with Gasteiger partial charge in [0, 0.05) is 5.41 Å². The Kier molecular flexibility index (Phi) is 6.40. The molecule has 0 aliphatic heterocycles. The Morgan fingerprint density at radius 1 is 0.283 bits per heavy atom. The van der Waals surface area contributed by atoms with E-state index in [1.165, 1.54) is 109 Å². The molecular formula is C53H36. The standard InChI is InChI=1S/C53H36/c1-53(2)48-28-14-27-39(52(48)47-30-33-15-3-4-16-34(33)32-49(47)53)35-18-13-19-37(29-35)50-42-23-9-11-25-44(42)51(45-26-12-10-24-43(45)50)46-31-36-17-5-6-20-38(36)40-21-7-8-22-41(40)46/h3-32H,1-2H3. The molecule has 248 valence electrons. The molecule has 0 aromatic heterocycles. The highest BCUT2D eigenvalue weighted by Gasteiger charge is 2.37. The first-order chi connectivity index (χ1) is 26.1. The first-order valence-electron chi connectivity index (χ1n) is 18.7. The summed E-state index contributed by atoms with van der Waals surface area (Å²) in [4.78, 5) is 0. The van der Waals surface area contributed by atoms with Gasteiger partial charge in [-0.15, -0.1) is 0 Å². The van der Waals surface area contributed by atoms with Crippen LogP contribution in [0, 0.1) is 0 Å². The van der Waals surface area contributed by atoms with E-state index in [2.05, 4.69) is 196 Å². The van der Waals surface area contributed by atoms with Crippen LogP contribution in [0.3, 0.4) is 0 Å². The van der Waals surface area contributed by atoms with Crippen molar-refractivity contribution >= 4 is 53.9 Å². The molecule has 10 aromatic rings. The predicted octanol–water partition coefficient (Wildman–Crippen LogP) is 14.8. The number of fused-ring (bicyclic) bond motifs is 9. The molecule has 11 rings (SSSR count). The fourth-order valence-corrected chi connectivity index (χ4v) is 9.55. The molecule has 0 saturated carbocycles. The Balaban J connectivity index is 1.17. The van der Waals surface area contributed by atoms with Gasteiger partial charge in [-0.1, -0.05) is 172 Å². The monoisotopic (exact) mass is 672 g/mol. The number of hydrogen-bond donors (Lipinski definition) is 0. The summed E-state index contributed by atoms with van der Waals surface area (Å²) in [5, 5.41) is 12.8. The number of benzene rings is 10. The van der Waals surface area contributed by atoms with E-state index in [1.807, 2.05) is 0 Å². The van der Waals surface area contributed by atoms with Crippen LogP contribution in [0.5, 0.6) is 0 Å². The van der Waals surface area contributed by atoms with Crippen molar-refractivity contribution in [2.24, 2.45) is 0 Å². The molecule has 0 fully saturated rings. The van der Waals surface area contributed by atoms with E-state index in [4.69, 9.17) is 0 Å². The molecule has 0 nitrogen and oxygen atoms in total. The summed E-state index contributed by atoms with van der Waals surface area (Å²) in [6.45, 7) is 4.76. The molecule has 1 aliphatic carbocycles. The van der Waals surface area contributed by atoms with Crippen LogP contribution in [0.1, 0.15) is 25.0 Å². The van der Waals surface area contributed by atoms with Gasteiger partial charge in [0.05, 0.1) is 0 Å². The Bertz CT molecular complexity index is 3080. The van der Waals surface area contributed by atoms with E-state index in [0.717, 1.165) is 0 Å². The van der Waals surface area contributed by atoms with Crippen LogP contribution in [0.25, 0.3) is 98.4 Å². The molecule has 53 heavy (non-hydrogen) atoms. The zero-order valence-electron chi connectivity index (χ0n) is 29.8. The van der Waals surface area contributed by atoms with E-state index in [9.17, 15) is 0 Å². The van der Waals surface area contributed by atoms with Crippen molar-refractivity contribution in [3.05, 3.63) is 193 Å². The van der Waals surface area contributed by atoms with Gasteiger partial charge in [0.15, 0.2) is 0 Å². The maximum atomic E-state index is 2.43. The van der Waals surface area contributed by atoms with Crippen LogP contribution in [0.4, 0.5) is 0 Å². The van der Waals surface area contributed by atoms with Crippen molar-refractivity contribution in [3.63, 3.8) is 0 Å². The van der Waals surface area contributed by atoms with E-state index in [0.29, 0.717) is 0 Å². The number of rotatable bonds is 3. The Hall–Kier alpha value is -6.50. The molecule has 0 spiro atoms. The second-order valence-electron chi connectivity index (χ2n) is 15.2. The minimum atomic E-state index is -0.0858. The highest BCUT2D eigenvalue weighted by Crippen LogP contribution is 2.54. The van der Waals surface area contributed by atoms with Crippen molar-refractivity contribution in [2.75, 3.05) is 0 Å². The molecule has 0 N–H and O–H groups in total. The van der Waals surface area contributed by atoms with E-state index >= 15 is 0 Å². The van der Waals surface area contributed by atoms with Gasteiger partial charge in [0.1, 0.15) is 0 Å². The van der Waals surface area contributed by atoms with Crippen LogP contribution >= 0.6 is 0 Å². The summed E-state index contributed by atoms with van der Waals surface area (Å²) < 4.78 is 0. The summed E-state index contributed by atoms with van der Waals surface area (Å²) >= 11 is 0. The summed E-state index contributed by atoms with van der Waals surface area (Å²) in [5.41, 5.74) is 13.1. The quantitative estimate of drug-likeness (QED) is 0.129. The third-order valence-corrected chi connectivity index (χ3v) is 12.0. The van der Waals surface area contributed by atoms with Crippen molar-refractivity contribution in [1.82, 2.24) is 0 Å². The molecule has 0 saturated heterocycles. The molecule has 1 aliphatic rings. The third kappa shape index (κ3) is 4.36. The normalized spacial score (nSPS) is 13.2. The van der Waals surface area contributed by atoms with Crippen LogP contribution in [0.2, 0.25) is 0 Å². The Morgan fingerprint density at radius 2 is 0.792 bits per heavy atom. The third-order valence-electron chi connectivity index (χ3n) is 12.0. The zero-order valence-corrected chi connectivity index (χ0v) is 29.8. The lowest BCUT2D eigenvalue weighted by Crippen LogP contribution is -2.14. The molecule has 0 bridgehead atoms. The Labute approximate surface area is 309 Å². The highest BCUT2D eigenvalue weighted by molar-refractivity contribution is 6.25. The predicted molar refractivity (Wildman–Crippen MR) is 228 cm³/mol. The maximum Gasteiger partial charge on any atom is 0.0159 e. The molecule has 0 heteroatoms. The largest absolute Gasteiger partial charge is 0.0616 e. The fraction of sp³-hybridized carbons (Fsp3) is 0.0566. The van der Waals surface area contributed by atoms with Crippen LogP contribution in [0.15, 0.2) is 182 Å². The van der Waals surface area contributed by atoms with Crippen LogP contribution in [-0.4, -0.2) is 0 Å². The lowest BCUT2D eigenvalue weighted by atomic mass is 9.81. The summed E-state index contributed by atoms with van der Waals surface area (Å²) in [7, 11) is 0. The van der Waals surface area contributed by atoms with Gasteiger partial charge in [-0.3, -0.25) is 0 Å². The van der Waals surface area contributed by atoms with E-state index in [1.54, 1.807) is 0 Å². The maximum absolute atomic E-state index is 2.43. The molecule has 0 heterocycles. The second-order valence-corrected chi connectivity index (χ2v) is 15.2. The Morgan fingerprint density at radius 3 is 1.49 bits per heavy atom. The molecule has 10 aromatic carbocycles. The fourth-order valence-electron chi connectivity index (χ4n) is 9.55. The minimum absolute atomic E-state index is 0.0858. The zero-order chi connectivity index (χ0) is 35.3. The van der Waals surface area contributed by atoms with Gasteiger partial charge in [-0.2, -0.15) is 0 Å². The molecule has 0 radical (unpaired) electrons. The first-order valence-corrected chi connectivity index (χ1v) is 18.7. The molecular weight excluding hydrogens is 637 g/mol. The second kappa shape index (κ2) is 11.2. The van der Waals surface area contributed by atoms with Crippen molar-refractivity contribution < 1.29 is 0 Å². The average Bonchev–Trinajstić information content (AvgIpc) is 3.43. The summed E-state index contributed by atoms with van der Waals surface area (Å²) in [6.07, 6.45) is 0. The molecule has 0 amide bonds. The van der Waals surface area contributed by atoms with Crippen molar-refractivity contribution in [3.8, 4) is 44.5 Å². The van der Waals surface area contributed by atoms with Gasteiger partial charge in [0.25, 0.3) is 0 Å². The average molecular weight is 673 g/mol. The molecule has 0 unspecified atom stereocenters. The topological polar surface area (TPSA) is 0 Å². The van der Waals surface area contributed by atoms with Gasteiger partial charge in [0.2, 0.25) is 0 Å². The smallest absolute Gasteiger partial charge is 0.0159 e. The highest BCUT2D eigenvalue weighted by atomic mass is 14.4. The summed E-state index contributed by atoms with van der Waals surface area (Å²) in [5.74, 6) is 0. The molecule has 0 atom stereocenters. The van der Waals surface area contributed by atoms with Gasteiger partial charge >= 0.3 is 0 Å². The van der Waals surface area contributed by atoms with E-state index < -0.39 is 0 Å². The van der Waals surface area contributed by atoms with Gasteiger partial charge in [-0.25, -0.2) is 0 Å². The SMILES string of the molecule is CC1(C)c2cc3ccccc3cc2-c2c(-c3cccc(-c4c5ccccc5c(-c5cc6ccccc6c6ccccc56)c5ccccc45)c3)cccc21. The van der Waals surface area contributed by atoms with Crippen LogP contribution in [-0.2, 0) is 5.41 Å². The van der Waals surface area contributed by atoms with Crippen molar-refractivity contribution in [1.29, 1.82) is 0 Å². The van der Waals surface area contributed by atoms with Crippen molar-refractivity contribution in [2.45, 2.75) is 19.3 Å². The van der Waals surface area contributed by atoms with Crippen LogP contribution < -0.4 is 0 Å².